The van der Waals surface area contributed by atoms with Gasteiger partial charge in [0, 0.05) is 11.5 Å². The van der Waals surface area contributed by atoms with E-state index in [0.717, 1.165) is 4.90 Å². The van der Waals surface area contributed by atoms with Crippen LogP contribution in [0.1, 0.15) is 6.92 Å². The second kappa shape index (κ2) is 7.97. The van der Waals surface area contributed by atoms with E-state index in [1.54, 1.807) is 23.9 Å². The highest BCUT2D eigenvalue weighted by Gasteiger charge is 2.05. The maximum Gasteiger partial charge on any atom is 0.513 e. The van der Waals surface area contributed by atoms with E-state index in [9.17, 15) is 4.79 Å². The van der Waals surface area contributed by atoms with Gasteiger partial charge in [0.1, 0.15) is 12.4 Å². The third-order valence-corrected chi connectivity index (χ3v) is 2.66. The molecule has 0 saturated carbocycles. The van der Waals surface area contributed by atoms with Crippen molar-refractivity contribution < 1.29 is 19.0 Å². The maximum atomic E-state index is 11.2. The van der Waals surface area contributed by atoms with Crippen LogP contribution in [0, 0.1) is 0 Å². The van der Waals surface area contributed by atoms with Crippen LogP contribution in [-0.4, -0.2) is 32.2 Å². The zero-order valence-corrected chi connectivity index (χ0v) is 10.8. The van der Waals surface area contributed by atoms with Gasteiger partial charge in [0.2, 0.25) is 0 Å². The predicted molar refractivity (Wildman–Crippen MR) is 66.7 cm³/mol. The molecule has 4 nitrogen and oxygen atoms in total. The molecule has 1 aromatic carbocycles. The molecular weight excluding hydrogens is 240 g/mol. The highest BCUT2D eigenvalue weighted by molar-refractivity contribution is 7.98. The number of thioether (sulfide) groups is 1. The molecule has 94 valence electrons. The van der Waals surface area contributed by atoms with Crippen LogP contribution in [0.5, 0.6) is 5.75 Å². The lowest BCUT2D eigenvalue weighted by atomic mass is 10.3. The van der Waals surface area contributed by atoms with Crippen LogP contribution >= 0.6 is 11.8 Å². The van der Waals surface area contributed by atoms with E-state index >= 15 is 0 Å². The summed E-state index contributed by atoms with van der Waals surface area (Å²) in [6.07, 6.45) is 1.28. The fourth-order valence-corrected chi connectivity index (χ4v) is 1.51. The highest BCUT2D eigenvalue weighted by Crippen LogP contribution is 2.19. The Hall–Kier alpha value is -1.20. The predicted octanol–water partition coefficient (Wildman–Crippen LogP) is 2.96. The first-order valence-corrected chi connectivity index (χ1v) is 6.55. The zero-order valence-electron chi connectivity index (χ0n) is 9.97. The molecule has 1 aromatic rings. The van der Waals surface area contributed by atoms with Crippen molar-refractivity contribution >= 4 is 17.9 Å². The molecule has 0 radical (unpaired) electrons. The van der Waals surface area contributed by atoms with E-state index in [1.807, 2.05) is 25.3 Å². The number of benzene rings is 1. The molecule has 0 aliphatic rings. The number of hydrogen-bond acceptors (Lipinski definition) is 5. The molecule has 0 fully saturated rings. The first-order chi connectivity index (χ1) is 8.26. The standard InChI is InChI=1S/C12H16O4S/c1-3-14-8-9-15-12(13)16-10-4-6-11(17-2)7-5-10/h4-7H,3,8-9H2,1-2H3. The molecule has 0 aliphatic carbocycles. The average Bonchev–Trinajstić information content (AvgIpc) is 2.36. The smallest absolute Gasteiger partial charge is 0.432 e. The Morgan fingerprint density at radius 2 is 1.94 bits per heavy atom. The fraction of sp³-hybridized carbons (Fsp3) is 0.417. The van der Waals surface area contributed by atoms with Crippen LogP contribution < -0.4 is 4.74 Å². The minimum atomic E-state index is -0.707. The molecule has 0 aliphatic heterocycles. The SMILES string of the molecule is CCOCCOC(=O)Oc1ccc(SC)cc1. The van der Waals surface area contributed by atoms with Crippen LogP contribution in [0.3, 0.4) is 0 Å². The molecule has 0 aromatic heterocycles. The molecule has 0 atom stereocenters. The Morgan fingerprint density at radius 3 is 2.53 bits per heavy atom. The highest BCUT2D eigenvalue weighted by atomic mass is 32.2. The first kappa shape index (κ1) is 13.9. The number of carbonyl (C=O) groups excluding carboxylic acids is 1. The molecule has 5 heteroatoms. The second-order valence-corrected chi connectivity index (χ2v) is 3.95. The van der Waals surface area contributed by atoms with Gasteiger partial charge >= 0.3 is 6.16 Å². The number of hydrogen-bond donors (Lipinski definition) is 0. The number of ether oxygens (including phenoxy) is 3. The van der Waals surface area contributed by atoms with E-state index in [2.05, 4.69) is 0 Å². The van der Waals surface area contributed by atoms with Crippen molar-refractivity contribution in [3.8, 4) is 5.75 Å². The third-order valence-electron chi connectivity index (χ3n) is 1.91. The van der Waals surface area contributed by atoms with Crippen molar-refractivity contribution in [3.05, 3.63) is 24.3 Å². The summed E-state index contributed by atoms with van der Waals surface area (Å²) in [5.41, 5.74) is 0. The topological polar surface area (TPSA) is 44.8 Å². The molecule has 0 bridgehead atoms. The van der Waals surface area contributed by atoms with Gasteiger partial charge in [-0.3, -0.25) is 0 Å². The molecule has 0 N–H and O–H groups in total. The maximum absolute atomic E-state index is 11.2. The summed E-state index contributed by atoms with van der Waals surface area (Å²) in [6.45, 7) is 3.08. The molecular formula is C12H16O4S. The molecule has 0 amide bonds. The van der Waals surface area contributed by atoms with Gasteiger partial charge in [-0.05, 0) is 37.4 Å². The quantitative estimate of drug-likeness (QED) is 0.339. The monoisotopic (exact) mass is 256 g/mol. The Morgan fingerprint density at radius 1 is 1.24 bits per heavy atom. The van der Waals surface area contributed by atoms with Gasteiger partial charge in [0.05, 0.1) is 6.61 Å². The molecule has 0 spiro atoms. The van der Waals surface area contributed by atoms with Gasteiger partial charge in [-0.15, -0.1) is 11.8 Å². The molecule has 17 heavy (non-hydrogen) atoms. The zero-order chi connectivity index (χ0) is 12.5. The molecule has 0 heterocycles. The Kier molecular flexibility index (Phi) is 6.50. The summed E-state index contributed by atoms with van der Waals surface area (Å²) in [7, 11) is 0. The van der Waals surface area contributed by atoms with Crippen LogP contribution in [0.15, 0.2) is 29.2 Å². The van der Waals surface area contributed by atoms with Crippen LogP contribution in [0.2, 0.25) is 0 Å². The Labute approximate surface area is 105 Å². The lowest BCUT2D eigenvalue weighted by molar-refractivity contribution is 0.0560. The lowest BCUT2D eigenvalue weighted by Gasteiger charge is -2.06. The van der Waals surface area contributed by atoms with Crippen LogP contribution in [-0.2, 0) is 9.47 Å². The van der Waals surface area contributed by atoms with Crippen molar-refractivity contribution in [2.24, 2.45) is 0 Å². The van der Waals surface area contributed by atoms with Crippen molar-refractivity contribution in [1.82, 2.24) is 0 Å². The van der Waals surface area contributed by atoms with E-state index in [-0.39, 0.29) is 6.61 Å². The van der Waals surface area contributed by atoms with Crippen molar-refractivity contribution in [3.63, 3.8) is 0 Å². The van der Waals surface area contributed by atoms with E-state index in [4.69, 9.17) is 14.2 Å². The number of rotatable bonds is 6. The Bertz CT molecular complexity index is 337. The third kappa shape index (κ3) is 5.60. The summed E-state index contributed by atoms with van der Waals surface area (Å²) in [5.74, 6) is 0.476. The summed E-state index contributed by atoms with van der Waals surface area (Å²) in [4.78, 5) is 12.3. The summed E-state index contributed by atoms with van der Waals surface area (Å²) < 4.78 is 14.8. The van der Waals surface area contributed by atoms with Gasteiger partial charge in [-0.2, -0.15) is 0 Å². The van der Waals surface area contributed by atoms with Crippen LogP contribution in [0.25, 0.3) is 0 Å². The van der Waals surface area contributed by atoms with Gasteiger partial charge in [0.15, 0.2) is 0 Å². The van der Waals surface area contributed by atoms with E-state index in [1.165, 1.54) is 0 Å². The van der Waals surface area contributed by atoms with Crippen molar-refractivity contribution in [1.29, 1.82) is 0 Å². The van der Waals surface area contributed by atoms with E-state index < -0.39 is 6.16 Å². The summed E-state index contributed by atoms with van der Waals surface area (Å²) in [6, 6.07) is 7.23. The second-order valence-electron chi connectivity index (χ2n) is 3.07. The summed E-state index contributed by atoms with van der Waals surface area (Å²) >= 11 is 1.63. The molecule has 0 saturated heterocycles. The van der Waals surface area contributed by atoms with Gasteiger partial charge in [0.25, 0.3) is 0 Å². The molecule has 1 rings (SSSR count). The lowest BCUT2D eigenvalue weighted by Crippen LogP contribution is -2.14. The molecule has 0 unspecified atom stereocenters. The normalized spacial score (nSPS) is 10.0. The van der Waals surface area contributed by atoms with Gasteiger partial charge in [-0.1, -0.05) is 0 Å². The van der Waals surface area contributed by atoms with Crippen molar-refractivity contribution in [2.75, 3.05) is 26.1 Å². The van der Waals surface area contributed by atoms with Gasteiger partial charge < -0.3 is 14.2 Å². The average molecular weight is 256 g/mol. The van der Waals surface area contributed by atoms with Crippen LogP contribution in [0.4, 0.5) is 4.79 Å². The minimum absolute atomic E-state index is 0.204. The Balaban J connectivity index is 2.29. The largest absolute Gasteiger partial charge is 0.513 e. The van der Waals surface area contributed by atoms with Gasteiger partial charge in [-0.25, -0.2) is 4.79 Å². The summed E-state index contributed by atoms with van der Waals surface area (Å²) in [5, 5.41) is 0. The number of carbonyl (C=O) groups is 1. The first-order valence-electron chi connectivity index (χ1n) is 5.32. The minimum Gasteiger partial charge on any atom is -0.432 e. The van der Waals surface area contributed by atoms with Crippen molar-refractivity contribution in [2.45, 2.75) is 11.8 Å². The fourth-order valence-electron chi connectivity index (χ4n) is 1.10. The van der Waals surface area contributed by atoms with E-state index in [0.29, 0.717) is 19.0 Å².